The first-order chi connectivity index (χ1) is 20.9. The number of benzene rings is 2. The van der Waals surface area contributed by atoms with Crippen molar-refractivity contribution < 1.29 is 18.3 Å². The topological polar surface area (TPSA) is 85.6 Å². The highest BCUT2D eigenvalue weighted by molar-refractivity contribution is 5.94. The molecular formula is C33H34F2N6O2. The van der Waals surface area contributed by atoms with E-state index < -0.39 is 17.7 Å². The van der Waals surface area contributed by atoms with Gasteiger partial charge in [0, 0.05) is 31.1 Å². The smallest absolute Gasteiger partial charge is 0.319 e. The van der Waals surface area contributed by atoms with E-state index in [-0.39, 0.29) is 47.4 Å². The second kappa shape index (κ2) is 10.9. The van der Waals surface area contributed by atoms with Crippen LogP contribution in [0.15, 0.2) is 36.9 Å². The van der Waals surface area contributed by atoms with Gasteiger partial charge >= 0.3 is 6.01 Å². The molecular weight excluding hydrogens is 550 g/mol. The molecule has 1 aromatic heterocycles. The first kappa shape index (κ1) is 27.7. The fraction of sp³-hybridized carbons (Fsp3) is 0.455. The van der Waals surface area contributed by atoms with Crippen molar-refractivity contribution in [3.05, 3.63) is 59.7 Å². The maximum absolute atomic E-state index is 16.6. The van der Waals surface area contributed by atoms with Crippen LogP contribution in [0.2, 0.25) is 0 Å². The molecule has 2 aliphatic carbocycles. The van der Waals surface area contributed by atoms with Crippen LogP contribution in [0.5, 0.6) is 6.01 Å². The number of ether oxygens (including phenoxy) is 1. The Morgan fingerprint density at radius 2 is 2.09 bits per heavy atom. The third kappa shape index (κ3) is 4.80. The lowest BCUT2D eigenvalue weighted by Crippen LogP contribution is -2.55. The van der Waals surface area contributed by atoms with Crippen LogP contribution >= 0.6 is 0 Å². The minimum absolute atomic E-state index is 0.000513. The Kier molecular flexibility index (Phi) is 7.01. The van der Waals surface area contributed by atoms with Crippen LogP contribution in [-0.2, 0) is 11.2 Å². The molecule has 2 unspecified atom stereocenters. The van der Waals surface area contributed by atoms with Gasteiger partial charge in [-0.25, -0.2) is 8.78 Å². The van der Waals surface area contributed by atoms with Crippen molar-refractivity contribution >= 4 is 22.6 Å². The third-order valence-electron chi connectivity index (χ3n) is 9.73. The van der Waals surface area contributed by atoms with Crippen molar-refractivity contribution in [2.24, 2.45) is 5.92 Å². The number of nitrogens with zero attached hydrogens (tertiary/aromatic N) is 6. The van der Waals surface area contributed by atoms with Gasteiger partial charge in [-0.2, -0.15) is 15.2 Å². The molecule has 3 heterocycles. The lowest BCUT2D eigenvalue weighted by Gasteiger charge is -2.41. The lowest BCUT2D eigenvalue weighted by molar-refractivity contribution is -0.128. The number of likely N-dealkylation sites (N-methyl/N-ethyl adjacent to an activating group) is 1. The zero-order chi connectivity index (χ0) is 29.8. The van der Waals surface area contributed by atoms with E-state index in [4.69, 9.17) is 9.72 Å². The summed E-state index contributed by atoms with van der Waals surface area (Å²) in [5, 5.41) is 9.71. The highest BCUT2D eigenvalue weighted by Gasteiger charge is 2.46. The molecule has 3 fully saturated rings. The summed E-state index contributed by atoms with van der Waals surface area (Å²) in [6.07, 6.45) is 5.41. The van der Waals surface area contributed by atoms with Crippen LogP contribution in [0.3, 0.4) is 0 Å². The monoisotopic (exact) mass is 584 g/mol. The molecule has 2 aliphatic heterocycles. The molecule has 222 valence electrons. The van der Waals surface area contributed by atoms with Crippen LogP contribution in [0.1, 0.15) is 42.7 Å². The number of carbonyl (C=O) groups excluding carboxylic acids is 1. The minimum Gasteiger partial charge on any atom is -0.462 e. The van der Waals surface area contributed by atoms with Crippen molar-refractivity contribution in [1.82, 2.24) is 19.8 Å². The quantitative estimate of drug-likeness (QED) is 0.368. The number of piperazine rings is 1. The third-order valence-corrected chi connectivity index (χ3v) is 9.73. The maximum Gasteiger partial charge on any atom is 0.319 e. The maximum atomic E-state index is 16.6. The minimum atomic E-state index is -0.729. The zero-order valence-corrected chi connectivity index (χ0v) is 24.2. The van der Waals surface area contributed by atoms with Gasteiger partial charge in [0.05, 0.1) is 24.1 Å². The van der Waals surface area contributed by atoms with Gasteiger partial charge in [-0.15, -0.1) is 0 Å². The molecule has 4 atom stereocenters. The molecule has 2 aromatic carbocycles. The number of aromatic nitrogens is 2. The predicted octanol–water partition coefficient (Wildman–Crippen LogP) is 4.82. The molecule has 3 aromatic rings. The van der Waals surface area contributed by atoms with Gasteiger partial charge in [0.25, 0.3) is 0 Å². The van der Waals surface area contributed by atoms with E-state index in [1.54, 1.807) is 4.90 Å². The van der Waals surface area contributed by atoms with Crippen LogP contribution in [-0.4, -0.2) is 77.6 Å². The molecule has 43 heavy (non-hydrogen) atoms. The van der Waals surface area contributed by atoms with E-state index in [0.29, 0.717) is 42.9 Å². The Labute approximate surface area is 249 Å². The normalized spacial score (nSPS) is 24.5. The number of anilines is 1. The number of hydrogen-bond donors (Lipinski definition) is 0. The van der Waals surface area contributed by atoms with Gasteiger partial charge in [0.1, 0.15) is 23.8 Å². The first-order valence-corrected chi connectivity index (χ1v) is 15.1. The Bertz CT molecular complexity index is 1670. The Morgan fingerprint density at radius 3 is 2.86 bits per heavy atom. The summed E-state index contributed by atoms with van der Waals surface area (Å²) in [4.78, 5) is 27.4. The van der Waals surface area contributed by atoms with Crippen LogP contribution in [0, 0.1) is 28.9 Å². The van der Waals surface area contributed by atoms with Crippen LogP contribution in [0.4, 0.5) is 14.6 Å². The van der Waals surface area contributed by atoms with Gasteiger partial charge in [-0.05, 0) is 79.9 Å². The number of rotatable bonds is 7. The number of likely N-dealkylation sites (tertiary alicyclic amines) is 1. The number of nitriles is 1. The van der Waals surface area contributed by atoms with Gasteiger partial charge < -0.3 is 19.4 Å². The number of fused-ring (bicyclic) bond motifs is 4. The summed E-state index contributed by atoms with van der Waals surface area (Å²) < 4.78 is 38.8. The van der Waals surface area contributed by atoms with Crippen molar-refractivity contribution in [2.45, 2.75) is 50.1 Å². The summed E-state index contributed by atoms with van der Waals surface area (Å²) in [5.74, 6) is -0.393. The molecule has 2 saturated heterocycles. The fourth-order valence-corrected chi connectivity index (χ4v) is 7.36. The van der Waals surface area contributed by atoms with Gasteiger partial charge in [-0.1, -0.05) is 24.8 Å². The molecule has 0 N–H and O–H groups in total. The van der Waals surface area contributed by atoms with Crippen LogP contribution in [0.25, 0.3) is 22.0 Å². The zero-order valence-electron chi connectivity index (χ0n) is 24.2. The van der Waals surface area contributed by atoms with E-state index >= 15 is 8.78 Å². The lowest BCUT2D eigenvalue weighted by atomic mass is 9.93. The summed E-state index contributed by atoms with van der Waals surface area (Å²) in [6, 6.07) is 9.02. The number of carbonyl (C=O) groups is 1. The molecule has 1 saturated carbocycles. The van der Waals surface area contributed by atoms with Crippen molar-refractivity contribution in [1.29, 1.82) is 5.26 Å². The van der Waals surface area contributed by atoms with E-state index in [0.717, 1.165) is 37.8 Å². The highest BCUT2D eigenvalue weighted by atomic mass is 19.1. The van der Waals surface area contributed by atoms with E-state index in [9.17, 15) is 10.1 Å². The van der Waals surface area contributed by atoms with E-state index in [2.05, 4.69) is 28.6 Å². The van der Waals surface area contributed by atoms with Crippen molar-refractivity contribution in [2.75, 3.05) is 44.7 Å². The second-order valence-corrected chi connectivity index (χ2v) is 12.2. The number of halogens is 2. The molecule has 0 radical (unpaired) electrons. The van der Waals surface area contributed by atoms with Gasteiger partial charge in [0.15, 0.2) is 5.82 Å². The van der Waals surface area contributed by atoms with E-state index in [1.165, 1.54) is 17.7 Å². The Morgan fingerprint density at radius 1 is 1.23 bits per heavy atom. The summed E-state index contributed by atoms with van der Waals surface area (Å²) in [7, 11) is 2.05. The Balaban J connectivity index is 1.33. The standard InChI is InChI=1S/C33H34F2N6O2/c1-3-27(42)41-13-12-40(17-21(41)9-10-36)32-25-16-26(34)29(23-8-4-6-19-14-20-15-24(20)28(19)23)30(35)31(25)37-33(38-32)43-18-22-7-5-11-39(22)2/h3-4,6,8,16,20-22,24H,1,5,7,9,11-15,17-18H2,2H3/t20?,21-,22-,24?/m0/s1. The van der Waals surface area contributed by atoms with Crippen molar-refractivity contribution in [3.8, 4) is 23.2 Å². The summed E-state index contributed by atoms with van der Waals surface area (Å²) >= 11 is 0. The van der Waals surface area contributed by atoms with Gasteiger partial charge in [0.2, 0.25) is 5.91 Å². The first-order valence-electron chi connectivity index (χ1n) is 15.1. The van der Waals surface area contributed by atoms with Crippen molar-refractivity contribution in [3.63, 3.8) is 0 Å². The molecule has 1 amide bonds. The van der Waals surface area contributed by atoms with Crippen LogP contribution < -0.4 is 9.64 Å². The fourth-order valence-electron chi connectivity index (χ4n) is 7.36. The molecule has 8 nitrogen and oxygen atoms in total. The predicted molar refractivity (Wildman–Crippen MR) is 159 cm³/mol. The molecule has 4 aliphatic rings. The summed E-state index contributed by atoms with van der Waals surface area (Å²) in [5.41, 5.74) is 2.76. The molecule has 0 bridgehead atoms. The molecule has 0 spiro atoms. The average Bonchev–Trinajstić information content (AvgIpc) is 3.48. The largest absolute Gasteiger partial charge is 0.462 e. The number of amides is 1. The number of hydrogen-bond acceptors (Lipinski definition) is 7. The Hall–Kier alpha value is -4.10. The second-order valence-electron chi connectivity index (χ2n) is 12.2. The summed E-state index contributed by atoms with van der Waals surface area (Å²) in [6.45, 7) is 5.86. The SMILES string of the molecule is C=CC(=O)N1CCN(c2nc(OC[C@@H]3CCCN3C)nc3c(F)c(-c4cccc5c4C4CC4C5)c(F)cc23)C[C@@H]1CC#N. The van der Waals surface area contributed by atoms with E-state index in [1.807, 2.05) is 24.1 Å². The average molecular weight is 585 g/mol. The van der Waals surface area contributed by atoms with Gasteiger partial charge in [-0.3, -0.25) is 4.79 Å². The molecule has 10 heteroatoms. The molecule has 7 rings (SSSR count). The highest BCUT2D eigenvalue weighted by Crippen LogP contribution is 2.59.